The van der Waals surface area contributed by atoms with Crippen LogP contribution in [0, 0.1) is 6.92 Å². The van der Waals surface area contributed by atoms with Crippen LogP contribution in [-0.4, -0.2) is 10.8 Å². The molecule has 3 aromatic rings. The second-order valence-corrected chi connectivity index (χ2v) is 5.29. The number of ketones is 1. The highest BCUT2D eigenvalue weighted by Crippen LogP contribution is 2.37. The summed E-state index contributed by atoms with van der Waals surface area (Å²) in [7, 11) is 0. The number of pyridine rings is 1. The summed E-state index contributed by atoms with van der Waals surface area (Å²) in [5.41, 5.74) is 6.27. The van der Waals surface area contributed by atoms with Gasteiger partial charge in [-0.1, -0.05) is 54.6 Å². The van der Waals surface area contributed by atoms with E-state index in [4.69, 9.17) is 4.98 Å². The molecular formula is C19H13NO. The van der Waals surface area contributed by atoms with Crippen molar-refractivity contribution in [2.24, 2.45) is 0 Å². The Morgan fingerprint density at radius 2 is 1.43 bits per heavy atom. The number of carbonyl (C=O) groups excluding carboxylic acids is 1. The van der Waals surface area contributed by atoms with Crippen molar-refractivity contribution in [3.63, 3.8) is 0 Å². The second kappa shape index (κ2) is 4.38. The summed E-state index contributed by atoms with van der Waals surface area (Å²) in [5.74, 6) is 0.0795. The second-order valence-electron chi connectivity index (χ2n) is 5.29. The molecule has 4 rings (SSSR count). The number of aryl methyl sites for hydroxylation is 1. The molecule has 0 atom stereocenters. The molecule has 0 fully saturated rings. The van der Waals surface area contributed by atoms with Gasteiger partial charge in [0.1, 0.15) is 0 Å². The van der Waals surface area contributed by atoms with Crippen LogP contribution in [0.4, 0.5) is 0 Å². The molecular weight excluding hydrogens is 258 g/mol. The van der Waals surface area contributed by atoms with Crippen LogP contribution in [0.5, 0.6) is 0 Å². The van der Waals surface area contributed by atoms with Gasteiger partial charge in [-0.05, 0) is 18.6 Å². The first-order chi connectivity index (χ1) is 10.3. The molecule has 0 saturated heterocycles. The lowest BCUT2D eigenvalue weighted by Crippen LogP contribution is -1.98. The van der Waals surface area contributed by atoms with Gasteiger partial charge in [0.2, 0.25) is 0 Å². The van der Waals surface area contributed by atoms with E-state index in [2.05, 4.69) is 0 Å². The zero-order chi connectivity index (χ0) is 14.4. The smallest absolute Gasteiger partial charge is 0.195 e. The predicted molar refractivity (Wildman–Crippen MR) is 83.3 cm³/mol. The maximum absolute atomic E-state index is 12.4. The van der Waals surface area contributed by atoms with Gasteiger partial charge in [0.05, 0.1) is 11.4 Å². The van der Waals surface area contributed by atoms with Gasteiger partial charge >= 0.3 is 0 Å². The molecule has 0 saturated carbocycles. The Hall–Kier alpha value is -2.74. The minimum atomic E-state index is 0.0795. The number of rotatable bonds is 1. The normalized spacial score (nSPS) is 12.1. The van der Waals surface area contributed by atoms with Crippen LogP contribution in [0.2, 0.25) is 0 Å². The molecule has 2 heteroatoms. The van der Waals surface area contributed by atoms with E-state index >= 15 is 0 Å². The van der Waals surface area contributed by atoms with E-state index in [0.29, 0.717) is 5.56 Å². The van der Waals surface area contributed by atoms with E-state index in [1.807, 2.05) is 67.6 Å². The van der Waals surface area contributed by atoms with E-state index in [1.54, 1.807) is 0 Å². The van der Waals surface area contributed by atoms with Gasteiger partial charge in [0.25, 0.3) is 0 Å². The topological polar surface area (TPSA) is 30.0 Å². The average molecular weight is 271 g/mol. The van der Waals surface area contributed by atoms with Gasteiger partial charge in [-0.3, -0.25) is 4.79 Å². The summed E-state index contributed by atoms with van der Waals surface area (Å²) < 4.78 is 0. The minimum absolute atomic E-state index is 0.0795. The van der Waals surface area contributed by atoms with Gasteiger partial charge in [-0.25, -0.2) is 4.98 Å². The van der Waals surface area contributed by atoms with Gasteiger partial charge in [-0.2, -0.15) is 0 Å². The molecule has 1 aliphatic carbocycles. The molecule has 0 N–H and O–H groups in total. The van der Waals surface area contributed by atoms with E-state index in [9.17, 15) is 4.79 Å². The summed E-state index contributed by atoms with van der Waals surface area (Å²) in [4.78, 5) is 17.2. The monoisotopic (exact) mass is 271 g/mol. The highest BCUT2D eigenvalue weighted by atomic mass is 16.1. The maximum atomic E-state index is 12.4. The van der Waals surface area contributed by atoms with Crippen molar-refractivity contribution in [2.75, 3.05) is 0 Å². The molecule has 2 aromatic carbocycles. The van der Waals surface area contributed by atoms with Crippen molar-refractivity contribution in [1.82, 2.24) is 4.98 Å². The fourth-order valence-corrected chi connectivity index (χ4v) is 2.91. The van der Waals surface area contributed by atoms with Gasteiger partial charge in [0, 0.05) is 22.3 Å². The zero-order valence-electron chi connectivity index (χ0n) is 11.6. The van der Waals surface area contributed by atoms with E-state index in [-0.39, 0.29) is 5.78 Å². The Bertz CT molecular complexity index is 866. The third-order valence-corrected chi connectivity index (χ3v) is 3.93. The molecule has 1 aromatic heterocycles. The van der Waals surface area contributed by atoms with E-state index in [1.165, 1.54) is 0 Å². The lowest BCUT2D eigenvalue weighted by Gasteiger charge is -2.08. The molecule has 0 spiro atoms. The first kappa shape index (κ1) is 12.0. The molecule has 0 amide bonds. The van der Waals surface area contributed by atoms with Crippen molar-refractivity contribution in [1.29, 1.82) is 0 Å². The first-order valence-electron chi connectivity index (χ1n) is 6.97. The SMILES string of the molecule is Cc1cc2c(nc1-c1ccccc1)-c1ccccc1C2=O. The number of fused-ring (bicyclic) bond motifs is 3. The quantitative estimate of drug-likeness (QED) is 0.517. The first-order valence-corrected chi connectivity index (χ1v) is 6.97. The molecule has 21 heavy (non-hydrogen) atoms. The number of aromatic nitrogens is 1. The Kier molecular flexibility index (Phi) is 2.51. The molecule has 2 nitrogen and oxygen atoms in total. The van der Waals surface area contributed by atoms with E-state index < -0.39 is 0 Å². The van der Waals surface area contributed by atoms with Crippen LogP contribution in [0.1, 0.15) is 21.5 Å². The number of carbonyl (C=O) groups is 1. The number of hydrogen-bond acceptors (Lipinski definition) is 2. The van der Waals surface area contributed by atoms with E-state index in [0.717, 1.165) is 33.6 Å². The van der Waals surface area contributed by atoms with Crippen molar-refractivity contribution in [3.8, 4) is 22.5 Å². The molecule has 0 unspecified atom stereocenters. The summed E-state index contributed by atoms with van der Waals surface area (Å²) in [6.45, 7) is 2.01. The average Bonchev–Trinajstić information content (AvgIpc) is 2.80. The van der Waals surface area contributed by atoms with Gasteiger partial charge in [-0.15, -0.1) is 0 Å². The lowest BCUT2D eigenvalue weighted by atomic mass is 10.0. The summed E-state index contributed by atoms with van der Waals surface area (Å²) >= 11 is 0. The highest BCUT2D eigenvalue weighted by Gasteiger charge is 2.28. The van der Waals surface area contributed by atoms with Crippen LogP contribution in [-0.2, 0) is 0 Å². The molecule has 100 valence electrons. The minimum Gasteiger partial charge on any atom is -0.289 e. The highest BCUT2D eigenvalue weighted by molar-refractivity contribution is 6.21. The largest absolute Gasteiger partial charge is 0.289 e. The number of nitrogens with zero attached hydrogens (tertiary/aromatic N) is 1. The zero-order valence-corrected chi connectivity index (χ0v) is 11.6. The third-order valence-electron chi connectivity index (χ3n) is 3.93. The Labute approximate surface area is 123 Å². The predicted octanol–water partition coefficient (Wildman–Crippen LogP) is 4.27. The van der Waals surface area contributed by atoms with Crippen molar-refractivity contribution < 1.29 is 4.79 Å². The standard InChI is InChI=1S/C19H13NO/c1-12-11-16-18(14-9-5-6-10-15(14)19(16)21)20-17(12)13-7-3-2-4-8-13/h2-11H,1H3. The van der Waals surface area contributed by atoms with Crippen LogP contribution in [0.25, 0.3) is 22.5 Å². The fraction of sp³-hybridized carbons (Fsp3) is 0.0526. The van der Waals surface area contributed by atoms with Crippen LogP contribution in [0.15, 0.2) is 60.7 Å². The third kappa shape index (κ3) is 1.73. The van der Waals surface area contributed by atoms with Crippen molar-refractivity contribution >= 4 is 5.78 Å². The Morgan fingerprint density at radius 3 is 2.19 bits per heavy atom. The fourth-order valence-electron chi connectivity index (χ4n) is 2.91. The summed E-state index contributed by atoms with van der Waals surface area (Å²) in [6.07, 6.45) is 0. The summed E-state index contributed by atoms with van der Waals surface area (Å²) in [5, 5.41) is 0. The molecule has 1 heterocycles. The molecule has 0 radical (unpaired) electrons. The van der Waals surface area contributed by atoms with Gasteiger partial charge < -0.3 is 0 Å². The Morgan fingerprint density at radius 1 is 0.762 bits per heavy atom. The molecule has 1 aliphatic rings. The van der Waals surface area contributed by atoms with Crippen molar-refractivity contribution in [2.45, 2.75) is 6.92 Å². The van der Waals surface area contributed by atoms with Crippen LogP contribution < -0.4 is 0 Å². The molecule has 0 bridgehead atoms. The summed E-state index contributed by atoms with van der Waals surface area (Å²) in [6, 6.07) is 19.7. The van der Waals surface area contributed by atoms with Crippen molar-refractivity contribution in [3.05, 3.63) is 77.4 Å². The van der Waals surface area contributed by atoms with Crippen LogP contribution >= 0.6 is 0 Å². The Balaban J connectivity index is 1.99. The number of benzene rings is 2. The number of hydrogen-bond donors (Lipinski definition) is 0. The molecule has 0 aliphatic heterocycles. The van der Waals surface area contributed by atoms with Gasteiger partial charge in [0.15, 0.2) is 5.78 Å². The maximum Gasteiger partial charge on any atom is 0.195 e. The van der Waals surface area contributed by atoms with Crippen LogP contribution in [0.3, 0.4) is 0 Å². The lowest BCUT2D eigenvalue weighted by molar-refractivity contribution is 0.104.